The van der Waals surface area contributed by atoms with Crippen molar-refractivity contribution in [1.29, 1.82) is 0 Å². The number of ether oxygens (including phenoxy) is 2. The Morgan fingerprint density at radius 2 is 2.38 bits per heavy atom. The molecule has 1 atom stereocenters. The largest absolute Gasteiger partial charge is 0.493 e. The van der Waals surface area contributed by atoms with E-state index in [0.717, 1.165) is 0 Å². The minimum atomic E-state index is -0.486. The molecular weight excluding hydrogens is 212 g/mol. The van der Waals surface area contributed by atoms with E-state index in [1.165, 1.54) is 13.2 Å². The van der Waals surface area contributed by atoms with Crippen molar-refractivity contribution in [2.45, 2.75) is 12.5 Å². The standard InChI is InChI=1S/C10H12N2O4/c1-15-10-7(12(13)14)2-3-8-9(10)6(11)4-5-16-8/h2-3,6H,4-5,11H2,1H3. The van der Waals surface area contributed by atoms with E-state index in [0.29, 0.717) is 24.3 Å². The van der Waals surface area contributed by atoms with Crippen LogP contribution in [0.5, 0.6) is 11.5 Å². The van der Waals surface area contributed by atoms with Gasteiger partial charge in [-0.1, -0.05) is 0 Å². The molecule has 0 aliphatic carbocycles. The summed E-state index contributed by atoms with van der Waals surface area (Å²) in [5, 5.41) is 10.8. The number of nitrogens with zero attached hydrogens (tertiary/aromatic N) is 1. The number of hydrogen-bond acceptors (Lipinski definition) is 5. The Balaban J connectivity index is 2.62. The third-order valence-corrected chi connectivity index (χ3v) is 2.59. The van der Waals surface area contributed by atoms with Gasteiger partial charge in [-0.25, -0.2) is 0 Å². The van der Waals surface area contributed by atoms with E-state index in [4.69, 9.17) is 15.2 Å². The molecule has 1 aliphatic rings. The Morgan fingerprint density at radius 1 is 1.62 bits per heavy atom. The summed E-state index contributed by atoms with van der Waals surface area (Å²) < 4.78 is 10.5. The summed E-state index contributed by atoms with van der Waals surface area (Å²) in [4.78, 5) is 10.3. The predicted octanol–water partition coefficient (Wildman–Crippen LogP) is 1.39. The van der Waals surface area contributed by atoms with Gasteiger partial charge in [0.1, 0.15) is 5.75 Å². The van der Waals surface area contributed by atoms with Crippen LogP contribution < -0.4 is 15.2 Å². The molecule has 6 nitrogen and oxygen atoms in total. The van der Waals surface area contributed by atoms with Crippen molar-refractivity contribution in [3.63, 3.8) is 0 Å². The molecule has 0 spiro atoms. The maximum absolute atomic E-state index is 10.8. The minimum absolute atomic E-state index is 0.0813. The van der Waals surface area contributed by atoms with E-state index in [-0.39, 0.29) is 17.5 Å². The third kappa shape index (κ3) is 1.57. The number of methoxy groups -OCH3 is 1. The molecule has 1 unspecified atom stereocenters. The molecule has 0 radical (unpaired) electrons. The molecule has 1 aliphatic heterocycles. The lowest BCUT2D eigenvalue weighted by Gasteiger charge is -2.24. The summed E-state index contributed by atoms with van der Waals surface area (Å²) >= 11 is 0. The second-order valence-corrected chi connectivity index (χ2v) is 3.53. The smallest absolute Gasteiger partial charge is 0.311 e. The van der Waals surface area contributed by atoms with E-state index in [9.17, 15) is 10.1 Å². The maximum atomic E-state index is 10.8. The fourth-order valence-electron chi connectivity index (χ4n) is 1.85. The number of rotatable bonds is 2. The third-order valence-electron chi connectivity index (χ3n) is 2.59. The number of hydrogen-bond donors (Lipinski definition) is 1. The van der Waals surface area contributed by atoms with Gasteiger partial charge < -0.3 is 15.2 Å². The molecule has 1 aromatic carbocycles. The minimum Gasteiger partial charge on any atom is -0.493 e. The number of nitro groups is 1. The van der Waals surface area contributed by atoms with Crippen LogP contribution in [0.4, 0.5) is 5.69 Å². The van der Waals surface area contributed by atoms with E-state index in [2.05, 4.69) is 0 Å². The zero-order valence-electron chi connectivity index (χ0n) is 8.80. The first-order valence-corrected chi connectivity index (χ1v) is 4.88. The van der Waals surface area contributed by atoms with Crippen molar-refractivity contribution in [3.8, 4) is 11.5 Å². The Labute approximate surface area is 92.1 Å². The van der Waals surface area contributed by atoms with Crippen LogP contribution in [0.3, 0.4) is 0 Å². The number of nitrogens with two attached hydrogens (primary N) is 1. The van der Waals surface area contributed by atoms with Crippen LogP contribution in [0.1, 0.15) is 18.0 Å². The summed E-state index contributed by atoms with van der Waals surface area (Å²) in [7, 11) is 1.39. The molecule has 0 amide bonds. The lowest BCUT2D eigenvalue weighted by atomic mass is 9.99. The lowest BCUT2D eigenvalue weighted by Crippen LogP contribution is -2.21. The zero-order chi connectivity index (χ0) is 11.7. The molecule has 2 N–H and O–H groups in total. The molecule has 16 heavy (non-hydrogen) atoms. The summed E-state index contributed by atoms with van der Waals surface area (Å²) in [5.74, 6) is 0.774. The average molecular weight is 224 g/mol. The van der Waals surface area contributed by atoms with Crippen LogP contribution in [0.25, 0.3) is 0 Å². The van der Waals surface area contributed by atoms with E-state index in [1.807, 2.05) is 0 Å². The first-order chi connectivity index (χ1) is 7.65. The van der Waals surface area contributed by atoms with Gasteiger partial charge in [-0.3, -0.25) is 10.1 Å². The van der Waals surface area contributed by atoms with Gasteiger partial charge in [0, 0.05) is 18.5 Å². The predicted molar refractivity (Wildman–Crippen MR) is 56.7 cm³/mol. The number of benzene rings is 1. The van der Waals surface area contributed by atoms with Crippen molar-refractivity contribution in [3.05, 3.63) is 27.8 Å². The molecule has 6 heteroatoms. The fourth-order valence-corrected chi connectivity index (χ4v) is 1.85. The van der Waals surface area contributed by atoms with Crippen molar-refractivity contribution in [2.24, 2.45) is 5.73 Å². The normalized spacial score (nSPS) is 18.5. The van der Waals surface area contributed by atoms with Crippen LogP contribution in [0.2, 0.25) is 0 Å². The van der Waals surface area contributed by atoms with Crippen molar-refractivity contribution >= 4 is 5.69 Å². The van der Waals surface area contributed by atoms with Gasteiger partial charge >= 0.3 is 5.69 Å². The van der Waals surface area contributed by atoms with Crippen LogP contribution in [0.15, 0.2) is 12.1 Å². The first-order valence-electron chi connectivity index (χ1n) is 4.88. The number of fused-ring (bicyclic) bond motifs is 1. The highest BCUT2D eigenvalue weighted by Crippen LogP contribution is 2.43. The van der Waals surface area contributed by atoms with E-state index in [1.54, 1.807) is 6.07 Å². The fraction of sp³-hybridized carbons (Fsp3) is 0.400. The van der Waals surface area contributed by atoms with Crippen LogP contribution >= 0.6 is 0 Å². The molecule has 2 rings (SSSR count). The van der Waals surface area contributed by atoms with Gasteiger partial charge in [-0.15, -0.1) is 0 Å². The second kappa shape index (κ2) is 3.97. The molecule has 0 bridgehead atoms. The van der Waals surface area contributed by atoms with E-state index < -0.39 is 4.92 Å². The van der Waals surface area contributed by atoms with Crippen molar-refractivity contribution in [1.82, 2.24) is 0 Å². The zero-order valence-corrected chi connectivity index (χ0v) is 8.80. The van der Waals surface area contributed by atoms with Crippen LogP contribution in [0, 0.1) is 10.1 Å². The van der Waals surface area contributed by atoms with Gasteiger partial charge in [0.25, 0.3) is 0 Å². The molecule has 0 aromatic heterocycles. The summed E-state index contributed by atoms with van der Waals surface area (Å²) in [6.45, 7) is 0.523. The highest BCUT2D eigenvalue weighted by atomic mass is 16.6. The monoisotopic (exact) mass is 224 g/mol. The Kier molecular flexibility index (Phi) is 2.66. The Morgan fingerprint density at radius 3 is 3.00 bits per heavy atom. The highest BCUT2D eigenvalue weighted by molar-refractivity contribution is 5.59. The molecule has 0 saturated heterocycles. The quantitative estimate of drug-likeness (QED) is 0.605. The topological polar surface area (TPSA) is 87.6 Å². The SMILES string of the molecule is COc1c([N+](=O)[O-])ccc2c1C(N)CCO2. The Bertz CT molecular complexity index is 433. The molecule has 1 heterocycles. The van der Waals surface area contributed by atoms with Crippen LogP contribution in [-0.4, -0.2) is 18.6 Å². The highest BCUT2D eigenvalue weighted by Gasteiger charge is 2.28. The van der Waals surface area contributed by atoms with Gasteiger partial charge in [0.15, 0.2) is 0 Å². The van der Waals surface area contributed by atoms with Crippen molar-refractivity contribution in [2.75, 3.05) is 13.7 Å². The molecule has 0 saturated carbocycles. The number of nitro benzene ring substituents is 1. The molecular formula is C10H12N2O4. The van der Waals surface area contributed by atoms with Gasteiger partial charge in [-0.05, 0) is 6.07 Å². The Hall–Kier alpha value is -1.82. The summed E-state index contributed by atoms with van der Waals surface area (Å²) in [6, 6.07) is 2.66. The van der Waals surface area contributed by atoms with Crippen LogP contribution in [-0.2, 0) is 0 Å². The molecule has 0 fully saturated rings. The van der Waals surface area contributed by atoms with Gasteiger partial charge in [0.2, 0.25) is 5.75 Å². The van der Waals surface area contributed by atoms with Crippen molar-refractivity contribution < 1.29 is 14.4 Å². The average Bonchev–Trinajstić information content (AvgIpc) is 2.27. The molecule has 86 valence electrons. The summed E-state index contributed by atoms with van der Waals surface area (Å²) in [6.07, 6.45) is 0.629. The van der Waals surface area contributed by atoms with Gasteiger partial charge in [0.05, 0.1) is 24.2 Å². The first kappa shape index (κ1) is 10.7. The maximum Gasteiger partial charge on any atom is 0.311 e. The lowest BCUT2D eigenvalue weighted by molar-refractivity contribution is -0.385. The summed E-state index contributed by atoms with van der Waals surface area (Å²) in [5.41, 5.74) is 6.41. The van der Waals surface area contributed by atoms with E-state index >= 15 is 0 Å². The second-order valence-electron chi connectivity index (χ2n) is 3.53. The molecule has 1 aromatic rings. The van der Waals surface area contributed by atoms with Gasteiger partial charge in [-0.2, -0.15) is 0 Å².